The first kappa shape index (κ1) is 27.6. The van der Waals surface area contributed by atoms with Crippen LogP contribution in [-0.4, -0.2) is 31.1 Å². The monoisotopic (exact) mass is 652 g/mol. The van der Waals surface area contributed by atoms with Crippen molar-refractivity contribution in [1.29, 1.82) is 0 Å². The smallest absolute Gasteiger partial charge is 0.338 e. The van der Waals surface area contributed by atoms with Crippen LogP contribution in [0.15, 0.2) is 55.9 Å². The molecule has 178 valence electrons. The van der Waals surface area contributed by atoms with Gasteiger partial charge in [0.15, 0.2) is 5.78 Å². The third-order valence-electron chi connectivity index (χ3n) is 4.57. The number of hydrogen-bond donors (Lipinski definition) is 2. The Hall–Kier alpha value is -1.65. The summed E-state index contributed by atoms with van der Waals surface area (Å²) in [5.41, 5.74) is 1.07. The van der Waals surface area contributed by atoms with Crippen LogP contribution in [0.25, 0.3) is 6.08 Å². The molecule has 0 saturated carbocycles. The van der Waals surface area contributed by atoms with E-state index in [4.69, 9.17) is 0 Å². The Kier molecular flexibility index (Phi) is 10.6. The van der Waals surface area contributed by atoms with E-state index < -0.39 is 12.1 Å². The maximum absolute atomic E-state index is 13.7. The highest BCUT2D eigenvalue weighted by Gasteiger charge is 2.39. The number of halogens is 6. The highest BCUT2D eigenvalue weighted by molar-refractivity contribution is 9.11. The summed E-state index contributed by atoms with van der Waals surface area (Å²) >= 11 is 9.80. The fourth-order valence-corrected chi connectivity index (χ4v) is 4.99. The number of alkyl halides is 3. The van der Waals surface area contributed by atoms with Gasteiger partial charge in [-0.05, 0) is 54.8 Å². The van der Waals surface area contributed by atoms with Crippen LogP contribution < -0.4 is 10.6 Å². The molecule has 1 atom stereocenters. The highest BCUT2D eigenvalue weighted by Crippen LogP contribution is 2.38. The lowest BCUT2D eigenvalue weighted by Gasteiger charge is -2.18. The number of rotatable bonds is 9. The molecule has 2 rings (SSSR count). The zero-order chi connectivity index (χ0) is 24.6. The number of hydrogen-bond acceptors (Lipinski definition) is 2. The molecule has 33 heavy (non-hydrogen) atoms. The van der Waals surface area contributed by atoms with Gasteiger partial charge in [-0.3, -0.25) is 4.79 Å². The molecule has 4 nitrogen and oxygen atoms in total. The molecule has 0 spiro atoms. The van der Waals surface area contributed by atoms with Crippen LogP contribution in [0.4, 0.5) is 18.0 Å². The van der Waals surface area contributed by atoms with Crippen molar-refractivity contribution in [1.82, 2.24) is 10.6 Å². The first-order valence-corrected chi connectivity index (χ1v) is 12.4. The Labute approximate surface area is 215 Å². The van der Waals surface area contributed by atoms with Crippen LogP contribution in [0.2, 0.25) is 0 Å². The van der Waals surface area contributed by atoms with Gasteiger partial charge >= 0.3 is 12.2 Å². The molecule has 2 N–H and O–H groups in total. The minimum atomic E-state index is -4.47. The third kappa shape index (κ3) is 8.90. The lowest BCUT2D eigenvalue weighted by molar-refractivity contribution is -0.139. The lowest BCUT2D eigenvalue weighted by Crippen LogP contribution is -2.35. The molecule has 2 amide bonds. The number of carbonyl (C=O) groups is 2. The lowest BCUT2D eigenvalue weighted by atomic mass is 9.97. The average Bonchev–Trinajstić information content (AvgIpc) is 2.70. The van der Waals surface area contributed by atoms with E-state index in [2.05, 4.69) is 58.4 Å². The first-order valence-electron chi connectivity index (χ1n) is 10.1. The van der Waals surface area contributed by atoms with Gasteiger partial charge in [-0.2, -0.15) is 13.2 Å². The fourth-order valence-electron chi connectivity index (χ4n) is 3.04. The molecule has 0 saturated heterocycles. The largest absolute Gasteiger partial charge is 0.399 e. The van der Waals surface area contributed by atoms with Gasteiger partial charge in [-0.1, -0.05) is 66.0 Å². The van der Waals surface area contributed by atoms with Gasteiger partial charge in [0, 0.05) is 38.5 Å². The maximum Gasteiger partial charge on any atom is 0.399 e. The van der Waals surface area contributed by atoms with Crippen LogP contribution >= 0.6 is 47.8 Å². The molecule has 0 fully saturated rings. The van der Waals surface area contributed by atoms with Crippen molar-refractivity contribution in [3.05, 3.63) is 72.6 Å². The zero-order valence-electron chi connectivity index (χ0n) is 17.6. The van der Waals surface area contributed by atoms with Crippen molar-refractivity contribution >= 4 is 65.7 Å². The van der Waals surface area contributed by atoms with E-state index in [1.54, 1.807) is 24.3 Å². The van der Waals surface area contributed by atoms with Crippen LogP contribution in [0.3, 0.4) is 0 Å². The molecule has 2 aromatic rings. The molecule has 0 aromatic heterocycles. The van der Waals surface area contributed by atoms with Gasteiger partial charge in [0.1, 0.15) is 0 Å². The summed E-state index contributed by atoms with van der Waals surface area (Å²) in [6, 6.07) is 9.06. The van der Waals surface area contributed by atoms with Crippen LogP contribution in [-0.2, 0) is 0 Å². The van der Waals surface area contributed by atoms with Crippen molar-refractivity contribution in [3.8, 4) is 0 Å². The Balaban J connectivity index is 2.09. The molecular weight excluding hydrogens is 633 g/mol. The van der Waals surface area contributed by atoms with E-state index in [1.807, 2.05) is 6.92 Å². The standard InChI is InChI=1S/C23H22Br3F3N2O2/c1-2-30-22(33)31-9-3-4-21(32)18-7-5-14(10-20(18)26)6-8-19(23(27,28)29)15-11-16(24)13-17(25)12-15/h5-8,10-13,19H,2-4,9H2,1H3,(H2,30,31,33)/b8-6+. The van der Waals surface area contributed by atoms with Gasteiger partial charge in [0.25, 0.3) is 0 Å². The summed E-state index contributed by atoms with van der Waals surface area (Å²) in [4.78, 5) is 23.8. The predicted molar refractivity (Wildman–Crippen MR) is 134 cm³/mol. The fraction of sp³-hybridized carbons (Fsp3) is 0.304. The average molecular weight is 655 g/mol. The van der Waals surface area contributed by atoms with Crippen LogP contribution in [0.5, 0.6) is 0 Å². The number of amides is 2. The molecular formula is C23H22Br3F3N2O2. The molecule has 0 radical (unpaired) electrons. The molecule has 1 unspecified atom stereocenters. The SMILES string of the molecule is CCNC(=O)NCCCC(=O)c1ccc(/C=C/C(c2cc(Br)cc(Br)c2)C(F)(F)F)cc1Br. The normalized spacial score (nSPS) is 12.6. The minimum Gasteiger partial charge on any atom is -0.338 e. The minimum absolute atomic E-state index is 0.104. The number of ketones is 1. The van der Waals surface area contributed by atoms with Gasteiger partial charge in [-0.15, -0.1) is 0 Å². The molecule has 0 aliphatic heterocycles. The van der Waals surface area contributed by atoms with Gasteiger partial charge in [0.2, 0.25) is 0 Å². The molecule has 0 bridgehead atoms. The summed E-state index contributed by atoms with van der Waals surface area (Å²) in [6.45, 7) is 2.69. The Morgan fingerprint density at radius 3 is 2.27 bits per heavy atom. The quantitative estimate of drug-likeness (QED) is 0.216. The number of nitrogens with one attached hydrogen (secondary N) is 2. The van der Waals surface area contributed by atoms with Crippen LogP contribution in [0, 0.1) is 0 Å². The summed E-state index contributed by atoms with van der Waals surface area (Å²) in [7, 11) is 0. The van der Waals surface area contributed by atoms with Gasteiger partial charge < -0.3 is 10.6 Å². The Morgan fingerprint density at radius 2 is 1.70 bits per heavy atom. The number of urea groups is 1. The number of carbonyl (C=O) groups excluding carboxylic acids is 2. The van der Waals surface area contributed by atoms with Gasteiger partial charge in [-0.25, -0.2) is 4.79 Å². The molecule has 0 aliphatic carbocycles. The number of benzene rings is 2. The van der Waals surface area contributed by atoms with E-state index in [9.17, 15) is 22.8 Å². The van der Waals surface area contributed by atoms with Crippen molar-refractivity contribution in [2.24, 2.45) is 0 Å². The van der Waals surface area contributed by atoms with E-state index in [1.165, 1.54) is 18.2 Å². The summed E-state index contributed by atoms with van der Waals surface area (Å²) < 4.78 is 42.7. The first-order chi connectivity index (χ1) is 15.5. The predicted octanol–water partition coefficient (Wildman–Crippen LogP) is 7.62. The number of Topliss-reactive ketones (excluding diaryl/α,β-unsaturated/α-hetero) is 1. The van der Waals surface area contributed by atoms with E-state index >= 15 is 0 Å². The molecule has 10 heteroatoms. The van der Waals surface area contributed by atoms with Crippen molar-refractivity contribution in [3.63, 3.8) is 0 Å². The Morgan fingerprint density at radius 1 is 1.03 bits per heavy atom. The van der Waals surface area contributed by atoms with Crippen molar-refractivity contribution in [2.75, 3.05) is 13.1 Å². The summed E-state index contributed by atoms with van der Waals surface area (Å²) in [6.07, 6.45) is -1.27. The van der Waals surface area contributed by atoms with Gasteiger partial charge in [0.05, 0.1) is 5.92 Å². The zero-order valence-corrected chi connectivity index (χ0v) is 22.4. The second kappa shape index (κ2) is 12.7. The Bertz CT molecular complexity index is 1010. The van der Waals surface area contributed by atoms with E-state index in [0.717, 1.165) is 6.08 Å². The van der Waals surface area contributed by atoms with Crippen molar-refractivity contribution < 1.29 is 22.8 Å². The molecule has 0 heterocycles. The molecule has 0 aliphatic rings. The van der Waals surface area contributed by atoms with Crippen molar-refractivity contribution in [2.45, 2.75) is 31.9 Å². The highest BCUT2D eigenvalue weighted by atomic mass is 79.9. The second-order valence-corrected chi connectivity index (χ2v) is 9.82. The van der Waals surface area contributed by atoms with E-state index in [0.29, 0.717) is 44.1 Å². The van der Waals surface area contributed by atoms with E-state index in [-0.39, 0.29) is 23.8 Å². The topological polar surface area (TPSA) is 58.2 Å². The third-order valence-corrected chi connectivity index (χ3v) is 6.15. The number of allylic oxidation sites excluding steroid dienone is 1. The summed E-state index contributed by atoms with van der Waals surface area (Å²) in [5, 5.41) is 5.25. The van der Waals surface area contributed by atoms with Crippen LogP contribution in [0.1, 0.15) is 47.2 Å². The summed E-state index contributed by atoms with van der Waals surface area (Å²) in [5.74, 6) is -1.91. The molecule has 2 aromatic carbocycles. The maximum atomic E-state index is 13.7. The second-order valence-electron chi connectivity index (χ2n) is 7.13.